The van der Waals surface area contributed by atoms with Crippen molar-refractivity contribution >= 4 is 33.9 Å². The number of aromatic nitrogens is 1. The fourth-order valence-electron chi connectivity index (χ4n) is 4.78. The lowest BCUT2D eigenvalue weighted by molar-refractivity contribution is -0.114. The van der Waals surface area contributed by atoms with Gasteiger partial charge in [-0.1, -0.05) is 18.2 Å². The number of pyridine rings is 1. The first kappa shape index (κ1) is 24.5. The van der Waals surface area contributed by atoms with E-state index in [0.29, 0.717) is 17.7 Å². The van der Waals surface area contributed by atoms with Crippen LogP contribution < -0.4 is 21.8 Å². The molecule has 0 radical (unpaired) electrons. The van der Waals surface area contributed by atoms with Crippen LogP contribution in [-0.2, 0) is 11.2 Å². The Morgan fingerprint density at radius 2 is 1.86 bits per heavy atom. The molecule has 8 heteroatoms. The van der Waals surface area contributed by atoms with Crippen molar-refractivity contribution in [3.63, 3.8) is 0 Å². The second kappa shape index (κ2) is 9.35. The van der Waals surface area contributed by atoms with E-state index in [1.54, 1.807) is 36.6 Å². The first-order valence-electron chi connectivity index (χ1n) is 12.2. The Kier molecular flexibility index (Phi) is 6.19. The van der Waals surface area contributed by atoms with E-state index in [0.717, 1.165) is 29.7 Å². The molecule has 2 aromatic carbocycles. The average Bonchev–Trinajstić information content (AvgIpc) is 3.66. The molecule has 7 nitrogen and oxygen atoms in total. The summed E-state index contributed by atoms with van der Waals surface area (Å²) in [6, 6.07) is 12.2. The smallest absolute Gasteiger partial charge is 0.341 e. The third-order valence-corrected chi connectivity index (χ3v) is 6.78. The van der Waals surface area contributed by atoms with Gasteiger partial charge in [-0.05, 0) is 69.0 Å². The molecule has 1 saturated carbocycles. The minimum Gasteiger partial charge on any atom is -0.422 e. The van der Waals surface area contributed by atoms with Gasteiger partial charge in [-0.2, -0.15) is 0 Å². The van der Waals surface area contributed by atoms with Gasteiger partial charge in [-0.3, -0.25) is 9.59 Å². The molecule has 0 saturated heterocycles. The number of amides is 1. The number of nitrogens with zero attached hydrogens (tertiary/aromatic N) is 1. The number of nitrogens with one attached hydrogen (secondary N) is 2. The number of fused-ring (bicyclic) bond motifs is 1. The highest BCUT2D eigenvalue weighted by molar-refractivity contribution is 5.95. The van der Waals surface area contributed by atoms with E-state index >= 15 is 0 Å². The standard InChI is InChI=1S/C29H28FN3O4/c1-15-8-11-24(23(30)12-15)32-26-16(2)29(36)37-27-22(14-19-6-5-7-20(13-19)31-18(4)34)17(3)33(21-9-10-21)28(35)25(26)27/h5-8,11-13,21,32H,9-10,14H2,1-4H3,(H,31,34). The Balaban J connectivity index is 1.75. The summed E-state index contributed by atoms with van der Waals surface area (Å²) < 4.78 is 22.3. The normalized spacial score (nSPS) is 13.1. The molecule has 1 amide bonds. The third-order valence-electron chi connectivity index (χ3n) is 6.78. The number of hydrogen-bond acceptors (Lipinski definition) is 5. The SMILES string of the molecule is CC(=O)Nc1cccc(Cc2c(C)n(C3CC3)c(=O)c3c(Nc4ccc(C)cc4F)c(C)c(=O)oc23)c1. The molecule has 2 N–H and O–H groups in total. The molecule has 0 aliphatic heterocycles. The van der Waals surface area contributed by atoms with Gasteiger partial charge in [0.2, 0.25) is 5.91 Å². The fraction of sp³-hybridized carbons (Fsp3) is 0.276. The van der Waals surface area contributed by atoms with Crippen LogP contribution in [-0.4, -0.2) is 10.5 Å². The molecule has 0 spiro atoms. The molecule has 2 aromatic heterocycles. The van der Waals surface area contributed by atoms with Crippen LogP contribution in [0.25, 0.3) is 11.0 Å². The van der Waals surface area contributed by atoms with Gasteiger partial charge < -0.3 is 19.6 Å². The lowest BCUT2D eigenvalue weighted by atomic mass is 9.99. The molecular formula is C29H28FN3O4. The molecule has 37 heavy (non-hydrogen) atoms. The number of hydrogen-bond donors (Lipinski definition) is 2. The Morgan fingerprint density at radius 3 is 2.54 bits per heavy atom. The molecule has 190 valence electrons. The van der Waals surface area contributed by atoms with Gasteiger partial charge in [0, 0.05) is 36.3 Å². The molecular weight excluding hydrogens is 473 g/mol. The molecule has 1 aliphatic carbocycles. The van der Waals surface area contributed by atoms with Crippen LogP contribution >= 0.6 is 0 Å². The zero-order valence-corrected chi connectivity index (χ0v) is 21.2. The summed E-state index contributed by atoms with van der Waals surface area (Å²) in [4.78, 5) is 38.3. The van der Waals surface area contributed by atoms with Crippen molar-refractivity contribution in [3.8, 4) is 0 Å². The Labute approximate surface area is 212 Å². The van der Waals surface area contributed by atoms with Crippen LogP contribution in [0.1, 0.15) is 53.8 Å². The summed E-state index contributed by atoms with van der Waals surface area (Å²) in [6.07, 6.45) is 2.14. The summed E-state index contributed by atoms with van der Waals surface area (Å²) in [5, 5.41) is 6.03. The van der Waals surface area contributed by atoms with Gasteiger partial charge in [-0.15, -0.1) is 0 Å². The van der Waals surface area contributed by atoms with Gasteiger partial charge in [0.05, 0.1) is 16.9 Å². The molecule has 4 aromatic rings. The van der Waals surface area contributed by atoms with Crippen molar-refractivity contribution in [2.75, 3.05) is 10.6 Å². The monoisotopic (exact) mass is 501 g/mol. The van der Waals surface area contributed by atoms with E-state index in [1.165, 1.54) is 13.0 Å². The maximum atomic E-state index is 14.8. The summed E-state index contributed by atoms with van der Waals surface area (Å²) >= 11 is 0. The number of anilines is 3. The van der Waals surface area contributed by atoms with Crippen LogP contribution in [0, 0.1) is 26.6 Å². The number of benzene rings is 2. The van der Waals surface area contributed by atoms with Crippen molar-refractivity contribution in [3.05, 3.63) is 97.0 Å². The molecule has 1 fully saturated rings. The lowest BCUT2D eigenvalue weighted by Gasteiger charge is -2.19. The van der Waals surface area contributed by atoms with E-state index in [4.69, 9.17) is 4.42 Å². The van der Waals surface area contributed by atoms with Gasteiger partial charge >= 0.3 is 5.63 Å². The minimum atomic E-state index is -0.598. The molecule has 0 bridgehead atoms. The molecule has 1 aliphatic rings. The molecule has 0 atom stereocenters. The summed E-state index contributed by atoms with van der Waals surface area (Å²) in [7, 11) is 0. The Bertz CT molecular complexity index is 1680. The largest absolute Gasteiger partial charge is 0.422 e. The van der Waals surface area contributed by atoms with Crippen LogP contribution in [0.2, 0.25) is 0 Å². The summed E-state index contributed by atoms with van der Waals surface area (Å²) in [5.41, 5.74) is 3.65. The Morgan fingerprint density at radius 1 is 1.11 bits per heavy atom. The van der Waals surface area contributed by atoms with Gasteiger partial charge in [0.25, 0.3) is 5.56 Å². The molecule has 0 unspecified atom stereocenters. The van der Waals surface area contributed by atoms with Crippen molar-refractivity contribution in [2.45, 2.75) is 53.0 Å². The van der Waals surface area contributed by atoms with Crippen LogP contribution in [0.5, 0.6) is 0 Å². The second-order valence-corrected chi connectivity index (χ2v) is 9.73. The highest BCUT2D eigenvalue weighted by Crippen LogP contribution is 2.38. The first-order chi connectivity index (χ1) is 17.6. The summed E-state index contributed by atoms with van der Waals surface area (Å²) in [5.74, 6) is -0.660. The Hall–Kier alpha value is -4.20. The molecule has 5 rings (SSSR count). The first-order valence-corrected chi connectivity index (χ1v) is 12.2. The highest BCUT2D eigenvalue weighted by Gasteiger charge is 2.31. The van der Waals surface area contributed by atoms with Crippen LogP contribution in [0.3, 0.4) is 0 Å². The molecule has 2 heterocycles. The van der Waals surface area contributed by atoms with E-state index in [2.05, 4.69) is 10.6 Å². The lowest BCUT2D eigenvalue weighted by Crippen LogP contribution is -2.26. The van der Waals surface area contributed by atoms with Gasteiger partial charge in [0.1, 0.15) is 11.2 Å². The predicted molar refractivity (Wildman–Crippen MR) is 142 cm³/mol. The fourth-order valence-corrected chi connectivity index (χ4v) is 4.78. The van der Waals surface area contributed by atoms with Gasteiger partial charge in [0.15, 0.2) is 5.58 Å². The topological polar surface area (TPSA) is 93.3 Å². The van der Waals surface area contributed by atoms with E-state index in [-0.39, 0.29) is 45.4 Å². The summed E-state index contributed by atoms with van der Waals surface area (Å²) in [6.45, 7) is 6.66. The highest BCUT2D eigenvalue weighted by atomic mass is 19.1. The number of carbonyl (C=O) groups excluding carboxylic acids is 1. The van der Waals surface area contributed by atoms with Crippen LogP contribution in [0.15, 0.2) is 56.5 Å². The quantitative estimate of drug-likeness (QED) is 0.356. The van der Waals surface area contributed by atoms with E-state index in [9.17, 15) is 18.8 Å². The number of rotatable bonds is 6. The second-order valence-electron chi connectivity index (χ2n) is 9.73. The number of halogens is 1. The zero-order chi connectivity index (χ0) is 26.4. The average molecular weight is 502 g/mol. The number of aryl methyl sites for hydroxylation is 1. The van der Waals surface area contributed by atoms with Crippen molar-refractivity contribution in [1.82, 2.24) is 4.57 Å². The van der Waals surface area contributed by atoms with E-state index < -0.39 is 11.4 Å². The maximum Gasteiger partial charge on any atom is 0.341 e. The van der Waals surface area contributed by atoms with Crippen molar-refractivity contribution < 1.29 is 13.6 Å². The van der Waals surface area contributed by atoms with Crippen molar-refractivity contribution in [2.24, 2.45) is 0 Å². The van der Waals surface area contributed by atoms with E-state index in [1.807, 2.05) is 25.1 Å². The van der Waals surface area contributed by atoms with Gasteiger partial charge in [-0.25, -0.2) is 9.18 Å². The predicted octanol–water partition coefficient (Wildman–Crippen LogP) is 5.65. The van der Waals surface area contributed by atoms with Crippen LogP contribution in [0.4, 0.5) is 21.5 Å². The van der Waals surface area contributed by atoms with Crippen molar-refractivity contribution in [1.29, 1.82) is 0 Å². The third kappa shape index (κ3) is 4.67. The maximum absolute atomic E-state index is 14.8. The minimum absolute atomic E-state index is 0.0672. The zero-order valence-electron chi connectivity index (χ0n) is 21.2. The number of carbonyl (C=O) groups is 1.